The Hall–Kier alpha value is -2.09. The quantitative estimate of drug-likeness (QED) is 0.280. The van der Waals surface area contributed by atoms with Crippen LogP contribution in [0, 0.1) is 5.92 Å². The number of benzene rings is 1. The molecule has 1 saturated heterocycles. The topological polar surface area (TPSA) is 75.2 Å². The van der Waals surface area contributed by atoms with Crippen molar-refractivity contribution < 1.29 is 28.5 Å². The van der Waals surface area contributed by atoms with E-state index in [0.717, 1.165) is 43.7 Å². The lowest BCUT2D eigenvalue weighted by molar-refractivity contribution is -0.141. The Kier molecular flexibility index (Phi) is 5.67. The van der Waals surface area contributed by atoms with Gasteiger partial charge < -0.3 is 29.0 Å². The molecule has 7 nitrogen and oxygen atoms in total. The summed E-state index contributed by atoms with van der Waals surface area (Å²) in [7, 11) is 1.62. The van der Waals surface area contributed by atoms with E-state index >= 15 is 0 Å². The van der Waals surface area contributed by atoms with Crippen LogP contribution < -0.4 is 14.8 Å². The Bertz CT molecular complexity index is 870. The van der Waals surface area contributed by atoms with Gasteiger partial charge in [-0.25, -0.2) is 0 Å². The standard InChI is InChI=1S/C24H31NO6/c1-15(26)28-11-3-4-12-29-20-8-6-17-18-13-16-5-7-19(30-14-27-2)22-21(16)24(17,9-10-25-18)23(20)31-22/h5-8,17-18,20,23,25H,3-4,9-14H2,1-2H3/t17-,18+,20-,23-,24-/m0/s1. The number of piperidine rings is 1. The summed E-state index contributed by atoms with van der Waals surface area (Å²) in [5, 5.41) is 3.73. The summed E-state index contributed by atoms with van der Waals surface area (Å²) in [4.78, 5) is 10.9. The first-order chi connectivity index (χ1) is 15.1. The third kappa shape index (κ3) is 3.43. The molecule has 0 radical (unpaired) electrons. The molecular weight excluding hydrogens is 398 g/mol. The predicted molar refractivity (Wildman–Crippen MR) is 113 cm³/mol. The average Bonchev–Trinajstić information content (AvgIpc) is 3.10. The summed E-state index contributed by atoms with van der Waals surface area (Å²) in [6.45, 7) is 3.65. The number of esters is 1. The normalized spacial score (nSPS) is 31.7. The molecule has 1 N–H and O–H groups in total. The number of unbranched alkanes of at least 4 members (excludes halogenated alkanes) is 1. The number of carbonyl (C=O) groups excluding carboxylic acids is 1. The van der Waals surface area contributed by atoms with Crippen LogP contribution in [0.4, 0.5) is 0 Å². The van der Waals surface area contributed by atoms with E-state index < -0.39 is 0 Å². The third-order valence-electron chi connectivity index (χ3n) is 7.13. The summed E-state index contributed by atoms with van der Waals surface area (Å²) in [6.07, 6.45) is 8.00. The number of rotatable bonds is 9. The summed E-state index contributed by atoms with van der Waals surface area (Å²) in [6, 6.07) is 4.62. The van der Waals surface area contributed by atoms with Gasteiger partial charge in [-0.15, -0.1) is 0 Å². The van der Waals surface area contributed by atoms with Crippen LogP contribution in [0.25, 0.3) is 0 Å². The van der Waals surface area contributed by atoms with E-state index in [-0.39, 0.29) is 30.4 Å². The van der Waals surface area contributed by atoms with Crippen LogP contribution in [0.2, 0.25) is 0 Å². The molecule has 168 valence electrons. The van der Waals surface area contributed by atoms with E-state index in [1.165, 1.54) is 18.1 Å². The maximum atomic E-state index is 10.9. The molecule has 31 heavy (non-hydrogen) atoms. The maximum Gasteiger partial charge on any atom is 0.302 e. The Balaban J connectivity index is 1.39. The van der Waals surface area contributed by atoms with Gasteiger partial charge in [0.25, 0.3) is 0 Å². The van der Waals surface area contributed by atoms with Crippen molar-refractivity contribution in [2.75, 3.05) is 33.7 Å². The highest BCUT2D eigenvalue weighted by Crippen LogP contribution is 2.61. The lowest BCUT2D eigenvalue weighted by Gasteiger charge is -2.54. The molecule has 0 amide bonds. The van der Waals surface area contributed by atoms with Crippen molar-refractivity contribution in [2.24, 2.45) is 5.92 Å². The van der Waals surface area contributed by atoms with Crippen LogP contribution in [0.1, 0.15) is 37.3 Å². The molecule has 1 aromatic carbocycles. The minimum atomic E-state index is -0.238. The molecule has 2 aliphatic carbocycles. The van der Waals surface area contributed by atoms with Crippen molar-refractivity contribution in [3.05, 3.63) is 35.4 Å². The van der Waals surface area contributed by atoms with Gasteiger partial charge >= 0.3 is 5.97 Å². The lowest BCUT2D eigenvalue weighted by Crippen LogP contribution is -2.64. The van der Waals surface area contributed by atoms with Gasteiger partial charge in [0.2, 0.25) is 0 Å². The second kappa shape index (κ2) is 8.45. The van der Waals surface area contributed by atoms with Crippen molar-refractivity contribution in [3.63, 3.8) is 0 Å². The fourth-order valence-corrected chi connectivity index (χ4v) is 5.97. The number of hydrogen-bond acceptors (Lipinski definition) is 7. The molecule has 1 spiro atoms. The summed E-state index contributed by atoms with van der Waals surface area (Å²) >= 11 is 0. The molecule has 0 saturated carbocycles. The van der Waals surface area contributed by atoms with Crippen LogP contribution >= 0.6 is 0 Å². The Morgan fingerprint density at radius 2 is 2.13 bits per heavy atom. The first-order valence-corrected chi connectivity index (χ1v) is 11.3. The zero-order valence-corrected chi connectivity index (χ0v) is 18.2. The monoisotopic (exact) mass is 429 g/mol. The highest BCUT2D eigenvalue weighted by molar-refractivity contribution is 5.65. The summed E-state index contributed by atoms with van der Waals surface area (Å²) < 4.78 is 29.0. The van der Waals surface area contributed by atoms with E-state index in [9.17, 15) is 4.79 Å². The van der Waals surface area contributed by atoms with E-state index in [0.29, 0.717) is 25.2 Å². The van der Waals surface area contributed by atoms with E-state index in [4.69, 9.17) is 23.7 Å². The molecule has 2 bridgehead atoms. The number of carbonyl (C=O) groups is 1. The molecule has 2 heterocycles. The Morgan fingerprint density at radius 3 is 2.97 bits per heavy atom. The van der Waals surface area contributed by atoms with Gasteiger partial charge in [0.1, 0.15) is 12.2 Å². The third-order valence-corrected chi connectivity index (χ3v) is 7.13. The van der Waals surface area contributed by atoms with Crippen LogP contribution in [0.5, 0.6) is 11.5 Å². The highest BCUT2D eigenvalue weighted by Gasteiger charge is 2.63. The highest BCUT2D eigenvalue weighted by atomic mass is 16.7. The lowest BCUT2D eigenvalue weighted by atomic mass is 9.53. The van der Waals surface area contributed by atoms with Crippen LogP contribution in [-0.4, -0.2) is 57.9 Å². The fourth-order valence-electron chi connectivity index (χ4n) is 5.97. The average molecular weight is 430 g/mol. The first kappa shape index (κ1) is 20.8. The zero-order valence-electron chi connectivity index (χ0n) is 18.2. The number of nitrogens with one attached hydrogen (secondary N) is 1. The van der Waals surface area contributed by atoms with Gasteiger partial charge in [0.05, 0.1) is 6.61 Å². The molecule has 7 heteroatoms. The summed E-state index contributed by atoms with van der Waals surface area (Å²) in [5.74, 6) is 1.78. The summed E-state index contributed by atoms with van der Waals surface area (Å²) in [5.41, 5.74) is 2.59. The maximum absolute atomic E-state index is 10.9. The minimum absolute atomic E-state index is 0.0677. The van der Waals surface area contributed by atoms with Gasteiger partial charge in [-0.05, 0) is 43.9 Å². The van der Waals surface area contributed by atoms with Crippen molar-refractivity contribution in [2.45, 2.75) is 56.3 Å². The van der Waals surface area contributed by atoms with Gasteiger partial charge in [-0.2, -0.15) is 0 Å². The zero-order chi connectivity index (χ0) is 21.4. The molecule has 4 aliphatic rings. The van der Waals surface area contributed by atoms with Gasteiger partial charge in [-0.1, -0.05) is 18.2 Å². The van der Waals surface area contributed by atoms with E-state index in [1.807, 2.05) is 6.07 Å². The molecule has 5 rings (SSSR count). The second-order valence-corrected chi connectivity index (χ2v) is 8.86. The smallest absolute Gasteiger partial charge is 0.302 e. The Morgan fingerprint density at radius 1 is 1.26 bits per heavy atom. The van der Waals surface area contributed by atoms with Gasteiger partial charge in [0, 0.05) is 43.6 Å². The molecule has 1 aromatic rings. The predicted octanol–water partition coefficient (Wildman–Crippen LogP) is 2.50. The van der Waals surface area contributed by atoms with Crippen molar-refractivity contribution in [1.82, 2.24) is 5.32 Å². The number of ether oxygens (including phenoxy) is 5. The molecule has 0 aromatic heterocycles. The van der Waals surface area contributed by atoms with Crippen LogP contribution in [0.15, 0.2) is 24.3 Å². The molecule has 0 unspecified atom stereocenters. The molecule has 2 aliphatic heterocycles. The van der Waals surface area contributed by atoms with Crippen LogP contribution in [-0.2, 0) is 30.8 Å². The minimum Gasteiger partial charge on any atom is -0.482 e. The van der Waals surface area contributed by atoms with Gasteiger partial charge in [-0.3, -0.25) is 4.79 Å². The number of hydrogen-bond donors (Lipinski definition) is 1. The number of methoxy groups -OCH3 is 1. The largest absolute Gasteiger partial charge is 0.482 e. The molecular formula is C24H31NO6. The van der Waals surface area contributed by atoms with Gasteiger partial charge in [0.15, 0.2) is 18.3 Å². The van der Waals surface area contributed by atoms with Crippen molar-refractivity contribution >= 4 is 5.97 Å². The van der Waals surface area contributed by atoms with Crippen molar-refractivity contribution in [1.29, 1.82) is 0 Å². The fraction of sp³-hybridized carbons (Fsp3) is 0.625. The van der Waals surface area contributed by atoms with Crippen molar-refractivity contribution in [3.8, 4) is 11.5 Å². The SMILES string of the molecule is COCOc1ccc2c3c1O[C@H]1[C@@H](OCCCCOC(C)=O)C=C[C@H]4[C@@H](C2)NCC[C@@]341. The first-order valence-electron chi connectivity index (χ1n) is 11.3. The van der Waals surface area contributed by atoms with E-state index in [2.05, 4.69) is 23.5 Å². The van der Waals surface area contributed by atoms with Crippen LogP contribution in [0.3, 0.4) is 0 Å². The molecule has 1 fully saturated rings. The van der Waals surface area contributed by atoms with E-state index in [1.54, 1.807) is 7.11 Å². The second-order valence-electron chi connectivity index (χ2n) is 8.86. The molecule has 5 atom stereocenters. The Labute approximate surface area is 183 Å².